The summed E-state index contributed by atoms with van der Waals surface area (Å²) in [7, 11) is -2.98. The summed E-state index contributed by atoms with van der Waals surface area (Å²) in [5.41, 5.74) is 3.46. The van der Waals surface area contributed by atoms with E-state index in [0.29, 0.717) is 11.3 Å². The molecular weight excluding hydrogens is 254 g/mol. The van der Waals surface area contributed by atoms with Gasteiger partial charge in [-0.2, -0.15) is 0 Å². The molecule has 1 fully saturated rings. The third-order valence-corrected chi connectivity index (χ3v) is 4.55. The largest absolute Gasteiger partial charge is 0.337 e. The van der Waals surface area contributed by atoms with Gasteiger partial charge in [0.25, 0.3) is 5.91 Å². The van der Waals surface area contributed by atoms with Crippen molar-refractivity contribution in [1.82, 2.24) is 4.90 Å². The van der Waals surface area contributed by atoms with Crippen LogP contribution in [0.4, 0.5) is 5.69 Å². The standard InChI is InChI=1S/C11H15N3O3S/c12-13-10-4-2-1-3-9(10)11(15)14-5-7-18(16,17)8-6-14/h1-4,13H,5-8,12H2. The van der Waals surface area contributed by atoms with Crippen molar-refractivity contribution in [2.45, 2.75) is 0 Å². The Morgan fingerprint density at radius 3 is 2.44 bits per heavy atom. The van der Waals surface area contributed by atoms with Gasteiger partial charge in [-0.05, 0) is 12.1 Å². The van der Waals surface area contributed by atoms with Gasteiger partial charge in [0.2, 0.25) is 0 Å². The van der Waals surface area contributed by atoms with E-state index in [4.69, 9.17) is 5.84 Å². The Morgan fingerprint density at radius 1 is 1.22 bits per heavy atom. The van der Waals surface area contributed by atoms with E-state index in [1.54, 1.807) is 24.3 Å². The van der Waals surface area contributed by atoms with E-state index in [0.717, 1.165) is 0 Å². The predicted octanol–water partition coefficient (Wildman–Crippen LogP) is -0.157. The molecule has 1 aliphatic heterocycles. The van der Waals surface area contributed by atoms with Crippen LogP contribution >= 0.6 is 0 Å². The van der Waals surface area contributed by atoms with Gasteiger partial charge in [0.1, 0.15) is 0 Å². The number of benzene rings is 1. The Kier molecular flexibility index (Phi) is 3.53. The van der Waals surface area contributed by atoms with Crippen molar-refractivity contribution in [3.63, 3.8) is 0 Å². The Morgan fingerprint density at radius 2 is 1.83 bits per heavy atom. The minimum Gasteiger partial charge on any atom is -0.337 e. The van der Waals surface area contributed by atoms with Crippen LogP contribution in [0.1, 0.15) is 10.4 Å². The number of rotatable bonds is 2. The molecule has 1 heterocycles. The molecule has 1 aliphatic rings. The average molecular weight is 269 g/mol. The number of anilines is 1. The van der Waals surface area contributed by atoms with Crippen LogP contribution in [0.3, 0.4) is 0 Å². The van der Waals surface area contributed by atoms with Crippen molar-refractivity contribution in [2.75, 3.05) is 30.0 Å². The fourth-order valence-electron chi connectivity index (χ4n) is 1.88. The molecule has 1 aromatic carbocycles. The molecule has 0 bridgehead atoms. The number of para-hydroxylation sites is 1. The molecule has 6 nitrogen and oxygen atoms in total. The van der Waals surface area contributed by atoms with E-state index in [1.165, 1.54) is 4.90 Å². The zero-order valence-electron chi connectivity index (χ0n) is 9.80. The fraction of sp³-hybridized carbons (Fsp3) is 0.364. The average Bonchev–Trinajstić information content (AvgIpc) is 2.38. The Bertz CT molecular complexity index is 542. The van der Waals surface area contributed by atoms with Gasteiger partial charge in [-0.3, -0.25) is 10.6 Å². The van der Waals surface area contributed by atoms with Crippen LogP contribution in [0, 0.1) is 0 Å². The lowest BCUT2D eigenvalue weighted by Gasteiger charge is -2.27. The Labute approximate surface area is 106 Å². The molecular formula is C11H15N3O3S. The number of carbonyl (C=O) groups excluding carboxylic acids is 1. The van der Waals surface area contributed by atoms with E-state index in [-0.39, 0.29) is 30.5 Å². The van der Waals surface area contributed by atoms with E-state index >= 15 is 0 Å². The summed E-state index contributed by atoms with van der Waals surface area (Å²) >= 11 is 0. The maximum absolute atomic E-state index is 12.2. The second-order valence-corrected chi connectivity index (χ2v) is 6.44. The Hall–Kier alpha value is -1.60. The zero-order chi connectivity index (χ0) is 13.2. The lowest BCUT2D eigenvalue weighted by molar-refractivity contribution is 0.0771. The van der Waals surface area contributed by atoms with Gasteiger partial charge in [-0.15, -0.1) is 0 Å². The molecule has 1 aromatic rings. The molecule has 0 atom stereocenters. The third kappa shape index (κ3) is 2.62. The highest BCUT2D eigenvalue weighted by Crippen LogP contribution is 2.17. The zero-order valence-corrected chi connectivity index (χ0v) is 10.6. The highest BCUT2D eigenvalue weighted by Gasteiger charge is 2.26. The van der Waals surface area contributed by atoms with Crippen LogP contribution in [0.2, 0.25) is 0 Å². The number of sulfone groups is 1. The second kappa shape index (κ2) is 4.95. The number of hydrogen-bond donors (Lipinski definition) is 2. The highest BCUT2D eigenvalue weighted by atomic mass is 32.2. The van der Waals surface area contributed by atoms with Crippen molar-refractivity contribution in [2.24, 2.45) is 5.84 Å². The first kappa shape index (κ1) is 12.8. The van der Waals surface area contributed by atoms with E-state index in [1.807, 2.05) is 0 Å². The first-order valence-corrected chi connectivity index (χ1v) is 7.41. The second-order valence-electron chi connectivity index (χ2n) is 4.13. The number of amides is 1. The van der Waals surface area contributed by atoms with Crippen LogP contribution in [0.25, 0.3) is 0 Å². The minimum absolute atomic E-state index is 0.0248. The monoisotopic (exact) mass is 269 g/mol. The van der Waals surface area contributed by atoms with E-state index in [9.17, 15) is 13.2 Å². The first-order chi connectivity index (χ1) is 8.53. The summed E-state index contributed by atoms with van der Waals surface area (Å²) in [4.78, 5) is 13.8. The number of nitrogen functional groups attached to an aromatic ring is 1. The van der Waals surface area contributed by atoms with Crippen LogP contribution < -0.4 is 11.3 Å². The number of carbonyl (C=O) groups is 1. The van der Waals surface area contributed by atoms with Crippen molar-refractivity contribution >= 4 is 21.4 Å². The summed E-state index contributed by atoms with van der Waals surface area (Å²) < 4.78 is 22.6. The molecule has 0 spiro atoms. The summed E-state index contributed by atoms with van der Waals surface area (Å²) in [6, 6.07) is 6.88. The summed E-state index contributed by atoms with van der Waals surface area (Å²) in [5.74, 6) is 5.20. The molecule has 7 heteroatoms. The van der Waals surface area contributed by atoms with Crippen LogP contribution in [0.5, 0.6) is 0 Å². The first-order valence-electron chi connectivity index (χ1n) is 5.59. The topological polar surface area (TPSA) is 92.5 Å². The van der Waals surface area contributed by atoms with Gasteiger partial charge < -0.3 is 10.3 Å². The maximum Gasteiger partial charge on any atom is 0.256 e. The number of nitrogens with one attached hydrogen (secondary N) is 1. The normalized spacial score (nSPS) is 18.4. The maximum atomic E-state index is 12.2. The van der Waals surface area contributed by atoms with Crippen LogP contribution in [-0.4, -0.2) is 43.8 Å². The summed E-state index contributed by atoms with van der Waals surface area (Å²) in [6.07, 6.45) is 0. The van der Waals surface area contributed by atoms with Crippen LogP contribution in [0.15, 0.2) is 24.3 Å². The molecule has 0 aliphatic carbocycles. The number of nitrogens with zero attached hydrogens (tertiary/aromatic N) is 1. The molecule has 0 unspecified atom stereocenters. The predicted molar refractivity (Wildman–Crippen MR) is 68.8 cm³/mol. The molecule has 1 saturated heterocycles. The van der Waals surface area contributed by atoms with E-state index < -0.39 is 9.84 Å². The molecule has 18 heavy (non-hydrogen) atoms. The number of hydrazine groups is 1. The molecule has 0 aromatic heterocycles. The lowest BCUT2D eigenvalue weighted by atomic mass is 10.1. The van der Waals surface area contributed by atoms with Crippen molar-refractivity contribution in [1.29, 1.82) is 0 Å². The van der Waals surface area contributed by atoms with Gasteiger partial charge in [0.05, 0.1) is 22.8 Å². The molecule has 1 amide bonds. The molecule has 98 valence electrons. The molecule has 0 saturated carbocycles. The SMILES string of the molecule is NNc1ccccc1C(=O)N1CCS(=O)(=O)CC1. The summed E-state index contributed by atoms with van der Waals surface area (Å²) in [6.45, 7) is 0.472. The van der Waals surface area contributed by atoms with Gasteiger partial charge in [-0.1, -0.05) is 12.1 Å². The quantitative estimate of drug-likeness (QED) is 0.575. The number of nitrogens with two attached hydrogens (primary N) is 1. The van der Waals surface area contributed by atoms with Crippen molar-refractivity contribution in [3.05, 3.63) is 29.8 Å². The fourth-order valence-corrected chi connectivity index (χ4v) is 3.08. The smallest absolute Gasteiger partial charge is 0.256 e. The third-order valence-electron chi connectivity index (χ3n) is 2.94. The molecule has 2 rings (SSSR count). The highest BCUT2D eigenvalue weighted by molar-refractivity contribution is 7.91. The minimum atomic E-state index is -2.98. The molecule has 0 radical (unpaired) electrons. The van der Waals surface area contributed by atoms with Crippen LogP contribution in [-0.2, 0) is 9.84 Å². The van der Waals surface area contributed by atoms with Gasteiger partial charge in [0, 0.05) is 13.1 Å². The molecule has 3 N–H and O–H groups in total. The van der Waals surface area contributed by atoms with E-state index in [2.05, 4.69) is 5.43 Å². The lowest BCUT2D eigenvalue weighted by Crippen LogP contribution is -2.44. The van der Waals surface area contributed by atoms with Gasteiger partial charge >= 0.3 is 0 Å². The van der Waals surface area contributed by atoms with Crippen molar-refractivity contribution in [3.8, 4) is 0 Å². The Balaban J connectivity index is 2.17. The van der Waals surface area contributed by atoms with Gasteiger partial charge in [0.15, 0.2) is 9.84 Å². The van der Waals surface area contributed by atoms with Crippen molar-refractivity contribution < 1.29 is 13.2 Å². The summed E-state index contributed by atoms with van der Waals surface area (Å²) in [5, 5.41) is 0. The number of hydrogen-bond acceptors (Lipinski definition) is 5. The van der Waals surface area contributed by atoms with Gasteiger partial charge in [-0.25, -0.2) is 8.42 Å².